The molecule has 116 valence electrons. The average Bonchev–Trinajstić information content (AvgIpc) is 2.89. The van der Waals surface area contributed by atoms with Gasteiger partial charge in [0.2, 0.25) is 5.91 Å². The lowest BCUT2D eigenvalue weighted by atomic mass is 9.85. The van der Waals surface area contributed by atoms with Gasteiger partial charge in [0.15, 0.2) is 0 Å². The second-order valence-corrected chi connectivity index (χ2v) is 5.22. The molecule has 0 unspecified atom stereocenters. The topological polar surface area (TPSA) is 64.4 Å². The normalized spacial score (nSPS) is 17.5. The molecule has 1 aromatic rings. The Balaban J connectivity index is 2.01. The van der Waals surface area contributed by atoms with Gasteiger partial charge in [0, 0.05) is 12.2 Å². The molecule has 7 heteroatoms. The highest BCUT2D eigenvalue weighted by Crippen LogP contribution is 2.38. The van der Waals surface area contributed by atoms with Crippen LogP contribution in [0.1, 0.15) is 25.7 Å². The van der Waals surface area contributed by atoms with E-state index in [1.54, 1.807) is 0 Å². The van der Waals surface area contributed by atoms with Crippen molar-refractivity contribution >= 4 is 11.6 Å². The molecular formula is C14H17F3N2O2. The maximum atomic E-state index is 12.3. The molecule has 0 aromatic heterocycles. The first-order valence-electron chi connectivity index (χ1n) is 6.72. The molecule has 0 heterocycles. The molecule has 1 aliphatic carbocycles. The van der Waals surface area contributed by atoms with Gasteiger partial charge < -0.3 is 15.8 Å². The molecule has 1 amide bonds. The van der Waals surface area contributed by atoms with E-state index >= 15 is 0 Å². The van der Waals surface area contributed by atoms with E-state index in [1.807, 2.05) is 0 Å². The van der Waals surface area contributed by atoms with Crippen LogP contribution in [-0.4, -0.2) is 18.8 Å². The van der Waals surface area contributed by atoms with Crippen molar-refractivity contribution in [2.45, 2.75) is 32.0 Å². The van der Waals surface area contributed by atoms with Crippen LogP contribution < -0.4 is 15.8 Å². The standard InChI is InChI=1S/C14H17F3N2O2/c15-14(16,17)21-11-5-3-10(4-6-11)19-12(20)13(9-18)7-1-2-8-13/h3-6H,1-2,7-9,18H2,(H,19,20). The van der Waals surface area contributed by atoms with Gasteiger partial charge in [0.05, 0.1) is 5.41 Å². The van der Waals surface area contributed by atoms with E-state index in [-0.39, 0.29) is 18.2 Å². The summed E-state index contributed by atoms with van der Waals surface area (Å²) in [6, 6.07) is 5.07. The van der Waals surface area contributed by atoms with E-state index in [0.29, 0.717) is 5.69 Å². The number of nitrogens with one attached hydrogen (secondary N) is 1. The van der Waals surface area contributed by atoms with Gasteiger partial charge in [-0.2, -0.15) is 0 Å². The number of anilines is 1. The minimum atomic E-state index is -4.72. The van der Waals surface area contributed by atoms with Crippen molar-refractivity contribution in [2.24, 2.45) is 11.1 Å². The van der Waals surface area contributed by atoms with Crippen LogP contribution in [0, 0.1) is 5.41 Å². The Bertz CT molecular complexity index is 494. The van der Waals surface area contributed by atoms with Crippen molar-refractivity contribution in [1.82, 2.24) is 0 Å². The number of carbonyl (C=O) groups is 1. The largest absolute Gasteiger partial charge is 0.573 e. The lowest BCUT2D eigenvalue weighted by Gasteiger charge is -2.25. The number of ether oxygens (including phenoxy) is 1. The number of nitrogens with two attached hydrogens (primary N) is 1. The van der Waals surface area contributed by atoms with Gasteiger partial charge in [-0.1, -0.05) is 12.8 Å². The Kier molecular flexibility index (Phi) is 4.41. The van der Waals surface area contributed by atoms with Crippen LogP contribution in [0.4, 0.5) is 18.9 Å². The Morgan fingerprint density at radius 2 is 1.81 bits per heavy atom. The van der Waals surface area contributed by atoms with Crippen LogP contribution in [0.3, 0.4) is 0 Å². The summed E-state index contributed by atoms with van der Waals surface area (Å²) in [5.74, 6) is -0.498. The minimum Gasteiger partial charge on any atom is -0.406 e. The summed E-state index contributed by atoms with van der Waals surface area (Å²) >= 11 is 0. The Hall–Kier alpha value is -1.76. The van der Waals surface area contributed by atoms with Crippen molar-refractivity contribution in [3.63, 3.8) is 0 Å². The van der Waals surface area contributed by atoms with Gasteiger partial charge in [-0.3, -0.25) is 4.79 Å². The summed E-state index contributed by atoms with van der Waals surface area (Å²) in [5.41, 5.74) is 5.58. The molecule has 0 spiro atoms. The molecule has 1 aliphatic rings. The Labute approximate surface area is 120 Å². The maximum Gasteiger partial charge on any atom is 0.573 e. The van der Waals surface area contributed by atoms with Crippen molar-refractivity contribution in [3.8, 4) is 5.75 Å². The van der Waals surface area contributed by atoms with E-state index in [0.717, 1.165) is 37.8 Å². The summed E-state index contributed by atoms with van der Waals surface area (Å²) in [7, 11) is 0. The minimum absolute atomic E-state index is 0.174. The molecular weight excluding hydrogens is 285 g/mol. The summed E-state index contributed by atoms with van der Waals surface area (Å²) in [6.45, 7) is 0.272. The van der Waals surface area contributed by atoms with Gasteiger partial charge in [-0.05, 0) is 37.1 Å². The van der Waals surface area contributed by atoms with E-state index in [1.165, 1.54) is 12.1 Å². The van der Waals surface area contributed by atoms with Gasteiger partial charge in [-0.25, -0.2) is 0 Å². The first-order valence-corrected chi connectivity index (χ1v) is 6.72. The quantitative estimate of drug-likeness (QED) is 0.898. The molecule has 0 atom stereocenters. The number of carbonyl (C=O) groups excluding carboxylic acids is 1. The molecule has 1 saturated carbocycles. The molecule has 0 bridgehead atoms. The Morgan fingerprint density at radius 3 is 2.29 bits per heavy atom. The smallest absolute Gasteiger partial charge is 0.406 e. The highest BCUT2D eigenvalue weighted by molar-refractivity contribution is 5.95. The highest BCUT2D eigenvalue weighted by Gasteiger charge is 2.39. The van der Waals surface area contributed by atoms with Gasteiger partial charge >= 0.3 is 6.36 Å². The van der Waals surface area contributed by atoms with Gasteiger partial charge in [0.25, 0.3) is 0 Å². The monoisotopic (exact) mass is 302 g/mol. The average molecular weight is 302 g/mol. The number of halogens is 3. The zero-order valence-electron chi connectivity index (χ0n) is 11.4. The van der Waals surface area contributed by atoms with E-state index in [4.69, 9.17) is 5.73 Å². The fourth-order valence-electron chi connectivity index (χ4n) is 2.58. The molecule has 0 aliphatic heterocycles. The third-order valence-corrected chi connectivity index (χ3v) is 3.78. The fourth-order valence-corrected chi connectivity index (χ4v) is 2.58. The zero-order chi connectivity index (χ0) is 15.5. The third kappa shape index (κ3) is 3.87. The first kappa shape index (κ1) is 15.6. The lowest BCUT2D eigenvalue weighted by molar-refractivity contribution is -0.274. The van der Waals surface area contributed by atoms with Crippen molar-refractivity contribution < 1.29 is 22.7 Å². The SMILES string of the molecule is NCC1(C(=O)Nc2ccc(OC(F)(F)F)cc2)CCCC1. The fraction of sp³-hybridized carbons (Fsp3) is 0.500. The lowest BCUT2D eigenvalue weighted by Crippen LogP contribution is -2.40. The molecule has 3 N–H and O–H groups in total. The van der Waals surface area contributed by atoms with E-state index in [9.17, 15) is 18.0 Å². The third-order valence-electron chi connectivity index (χ3n) is 3.78. The zero-order valence-corrected chi connectivity index (χ0v) is 11.4. The predicted octanol–water partition coefficient (Wildman–Crippen LogP) is 3.04. The van der Waals surface area contributed by atoms with Crippen LogP contribution in [0.2, 0.25) is 0 Å². The van der Waals surface area contributed by atoms with Crippen LogP contribution in [-0.2, 0) is 4.79 Å². The van der Waals surface area contributed by atoms with Gasteiger partial charge in [-0.15, -0.1) is 13.2 Å². The van der Waals surface area contributed by atoms with Crippen molar-refractivity contribution in [1.29, 1.82) is 0 Å². The summed E-state index contributed by atoms with van der Waals surface area (Å²) in [5, 5.41) is 2.71. The summed E-state index contributed by atoms with van der Waals surface area (Å²) in [4.78, 5) is 12.3. The van der Waals surface area contributed by atoms with E-state index in [2.05, 4.69) is 10.1 Å². The number of benzene rings is 1. The maximum absolute atomic E-state index is 12.3. The number of hydrogen-bond acceptors (Lipinski definition) is 3. The second-order valence-electron chi connectivity index (χ2n) is 5.22. The number of alkyl halides is 3. The molecule has 1 fully saturated rings. The molecule has 0 saturated heterocycles. The molecule has 4 nitrogen and oxygen atoms in total. The molecule has 0 radical (unpaired) electrons. The van der Waals surface area contributed by atoms with Crippen molar-refractivity contribution in [2.75, 3.05) is 11.9 Å². The number of rotatable bonds is 4. The van der Waals surface area contributed by atoms with Crippen LogP contribution in [0.5, 0.6) is 5.75 Å². The number of amides is 1. The van der Waals surface area contributed by atoms with Crippen LogP contribution >= 0.6 is 0 Å². The highest BCUT2D eigenvalue weighted by atomic mass is 19.4. The van der Waals surface area contributed by atoms with Gasteiger partial charge in [0.1, 0.15) is 5.75 Å². The van der Waals surface area contributed by atoms with Crippen LogP contribution in [0.15, 0.2) is 24.3 Å². The molecule has 1 aromatic carbocycles. The predicted molar refractivity (Wildman–Crippen MR) is 71.7 cm³/mol. The Morgan fingerprint density at radius 1 is 1.24 bits per heavy atom. The molecule has 2 rings (SSSR count). The van der Waals surface area contributed by atoms with Crippen LogP contribution in [0.25, 0.3) is 0 Å². The molecule has 21 heavy (non-hydrogen) atoms. The van der Waals surface area contributed by atoms with E-state index < -0.39 is 11.8 Å². The summed E-state index contributed by atoms with van der Waals surface area (Å²) < 4.78 is 39.9. The van der Waals surface area contributed by atoms with Crippen molar-refractivity contribution in [3.05, 3.63) is 24.3 Å². The number of hydrogen-bond donors (Lipinski definition) is 2. The second kappa shape index (κ2) is 5.93. The summed E-state index contributed by atoms with van der Waals surface area (Å²) in [6.07, 6.45) is -1.32. The first-order chi connectivity index (χ1) is 9.85.